The maximum Gasteiger partial charge on any atom is 0.158 e. The van der Waals surface area contributed by atoms with Gasteiger partial charge in [0.2, 0.25) is 0 Å². The molecule has 152 valence electrons. The van der Waals surface area contributed by atoms with Crippen LogP contribution >= 0.6 is 69.9 Å². The second-order valence-corrected chi connectivity index (χ2v) is 10.4. The normalized spacial score (nSPS) is 15.6. The van der Waals surface area contributed by atoms with E-state index in [1.807, 2.05) is 61.0 Å². The molecule has 7 heteroatoms. The highest BCUT2D eigenvalue weighted by molar-refractivity contribution is 8.01. The first-order chi connectivity index (χ1) is 13.3. The van der Waals surface area contributed by atoms with E-state index >= 15 is 0 Å². The molecule has 0 heterocycles. The molecule has 4 unspecified atom stereocenters. The van der Waals surface area contributed by atoms with E-state index in [0.717, 1.165) is 11.1 Å². The molecule has 0 amide bonds. The van der Waals surface area contributed by atoms with E-state index in [-0.39, 0.29) is 27.0 Å². The maximum absolute atomic E-state index is 13.1. The maximum atomic E-state index is 13.1. The van der Waals surface area contributed by atoms with Crippen LogP contribution in [-0.2, 0) is 4.79 Å². The summed E-state index contributed by atoms with van der Waals surface area (Å²) >= 11 is 28.1. The first-order valence-electron chi connectivity index (χ1n) is 8.74. The highest BCUT2D eigenvalue weighted by Crippen LogP contribution is 2.35. The van der Waals surface area contributed by atoms with E-state index in [4.69, 9.17) is 46.4 Å². The zero-order chi connectivity index (χ0) is 20.7. The summed E-state index contributed by atoms with van der Waals surface area (Å²) in [6, 6.07) is 14.9. The molecule has 0 fully saturated rings. The quantitative estimate of drug-likeness (QED) is 0.310. The van der Waals surface area contributed by atoms with Gasteiger partial charge in [-0.15, -0.1) is 23.2 Å². The van der Waals surface area contributed by atoms with Gasteiger partial charge in [0.25, 0.3) is 0 Å². The van der Waals surface area contributed by atoms with E-state index in [1.165, 1.54) is 23.5 Å². The largest absolute Gasteiger partial charge is 0.297 e. The average Bonchev–Trinajstić information content (AvgIpc) is 2.70. The summed E-state index contributed by atoms with van der Waals surface area (Å²) in [5.74, 6) is 0.180. The fraction of sp³-hybridized carbons (Fsp3) is 0.381. The van der Waals surface area contributed by atoms with Gasteiger partial charge in [-0.25, -0.2) is 0 Å². The van der Waals surface area contributed by atoms with Crippen molar-refractivity contribution in [3.8, 4) is 0 Å². The fourth-order valence-corrected chi connectivity index (χ4v) is 5.62. The zero-order valence-electron chi connectivity index (χ0n) is 15.6. The molecule has 2 rings (SSSR count). The molecule has 28 heavy (non-hydrogen) atoms. The van der Waals surface area contributed by atoms with Crippen molar-refractivity contribution in [1.29, 1.82) is 0 Å². The minimum atomic E-state index is -0.246. The summed E-state index contributed by atoms with van der Waals surface area (Å²) in [5, 5.41) is 0.466. The Labute approximate surface area is 195 Å². The Morgan fingerprint density at radius 2 is 1.07 bits per heavy atom. The van der Waals surface area contributed by atoms with Crippen LogP contribution in [0.2, 0.25) is 10.0 Å². The van der Waals surface area contributed by atoms with Gasteiger partial charge in [0.05, 0.1) is 21.3 Å². The Bertz CT molecular complexity index is 689. The van der Waals surface area contributed by atoms with E-state index in [0.29, 0.717) is 22.9 Å². The zero-order valence-corrected chi connectivity index (χ0v) is 20.2. The lowest BCUT2D eigenvalue weighted by atomic mass is 10.0. The first kappa shape index (κ1) is 24.2. The van der Waals surface area contributed by atoms with Gasteiger partial charge in [-0.1, -0.05) is 47.5 Å². The van der Waals surface area contributed by atoms with Crippen molar-refractivity contribution < 1.29 is 4.79 Å². The highest BCUT2D eigenvalue weighted by Gasteiger charge is 2.30. The molecular weight excluding hydrogens is 474 g/mol. The number of rotatable bonds is 10. The predicted molar refractivity (Wildman–Crippen MR) is 129 cm³/mol. The molecule has 0 saturated heterocycles. The van der Waals surface area contributed by atoms with Crippen molar-refractivity contribution in [2.24, 2.45) is 0 Å². The average molecular weight is 496 g/mol. The standard InChI is InChI=1S/C21H22Cl4OS2/c1-27-19(11-17(24)13-3-7-15(22)8-4-13)21(26)20(28-2)12-18(25)14-5-9-16(23)10-6-14/h3-10,17-20H,11-12H2,1-2H3. The van der Waals surface area contributed by atoms with Gasteiger partial charge in [-0.3, -0.25) is 4.79 Å². The van der Waals surface area contributed by atoms with Gasteiger partial charge >= 0.3 is 0 Å². The number of ketones is 1. The molecule has 0 radical (unpaired) electrons. The predicted octanol–water partition coefficient (Wildman–Crippen LogP) is 8.07. The molecule has 0 aromatic heterocycles. The second-order valence-electron chi connectivity index (χ2n) is 6.36. The molecule has 0 aliphatic carbocycles. The summed E-state index contributed by atoms with van der Waals surface area (Å²) in [4.78, 5) is 13.1. The van der Waals surface area contributed by atoms with Crippen LogP contribution in [0.1, 0.15) is 34.7 Å². The lowest BCUT2D eigenvalue weighted by Gasteiger charge is -2.23. The van der Waals surface area contributed by atoms with E-state index in [1.54, 1.807) is 0 Å². The third-order valence-corrected chi connectivity index (χ3v) is 7.86. The van der Waals surface area contributed by atoms with Crippen LogP contribution < -0.4 is 0 Å². The number of thioether (sulfide) groups is 2. The van der Waals surface area contributed by atoms with Gasteiger partial charge in [0, 0.05) is 10.0 Å². The molecule has 4 atom stereocenters. The monoisotopic (exact) mass is 494 g/mol. The third-order valence-electron chi connectivity index (χ3n) is 4.51. The van der Waals surface area contributed by atoms with Crippen LogP contribution in [0, 0.1) is 0 Å². The number of alkyl halides is 2. The Kier molecular flexibility index (Phi) is 10.4. The number of halogens is 4. The molecule has 0 aliphatic rings. The molecule has 0 aliphatic heterocycles. The smallest absolute Gasteiger partial charge is 0.158 e. The number of hydrogen-bond donors (Lipinski definition) is 0. The lowest BCUT2D eigenvalue weighted by molar-refractivity contribution is -0.118. The van der Waals surface area contributed by atoms with Crippen LogP contribution in [0.15, 0.2) is 48.5 Å². The Balaban J connectivity index is 2.03. The molecule has 2 aromatic rings. The van der Waals surface area contributed by atoms with Crippen LogP contribution in [0.25, 0.3) is 0 Å². The number of Topliss-reactive ketones (excluding diaryl/α,β-unsaturated/α-hetero) is 1. The second kappa shape index (κ2) is 12.0. The van der Waals surface area contributed by atoms with Crippen LogP contribution in [-0.4, -0.2) is 28.8 Å². The van der Waals surface area contributed by atoms with Crippen LogP contribution in [0.3, 0.4) is 0 Å². The van der Waals surface area contributed by atoms with Gasteiger partial charge in [-0.2, -0.15) is 23.5 Å². The molecule has 0 N–H and O–H groups in total. The summed E-state index contributed by atoms with van der Waals surface area (Å²) in [5.41, 5.74) is 1.94. The van der Waals surface area contributed by atoms with E-state index < -0.39 is 0 Å². The third kappa shape index (κ3) is 7.04. The Morgan fingerprint density at radius 1 is 0.750 bits per heavy atom. The molecule has 0 spiro atoms. The SMILES string of the molecule is CSC(CC(Cl)c1ccc(Cl)cc1)C(=O)C(CC(Cl)c1ccc(Cl)cc1)SC. The Hall–Kier alpha value is -0.0300. The molecule has 2 aromatic carbocycles. The number of benzene rings is 2. The molecular formula is C21H22Cl4OS2. The Morgan fingerprint density at radius 3 is 1.36 bits per heavy atom. The summed E-state index contributed by atoms with van der Waals surface area (Å²) in [7, 11) is 0. The minimum absolute atomic E-state index is 0.180. The molecule has 0 bridgehead atoms. The summed E-state index contributed by atoms with van der Waals surface area (Å²) < 4.78 is 0. The van der Waals surface area contributed by atoms with Gasteiger partial charge in [0.1, 0.15) is 0 Å². The number of hydrogen-bond acceptors (Lipinski definition) is 3. The van der Waals surface area contributed by atoms with Gasteiger partial charge in [0.15, 0.2) is 5.78 Å². The van der Waals surface area contributed by atoms with Crippen molar-refractivity contribution in [1.82, 2.24) is 0 Å². The highest BCUT2D eigenvalue weighted by atomic mass is 35.5. The fourth-order valence-electron chi connectivity index (χ4n) is 2.86. The van der Waals surface area contributed by atoms with Crippen LogP contribution in [0.5, 0.6) is 0 Å². The van der Waals surface area contributed by atoms with E-state index in [9.17, 15) is 4.79 Å². The molecule has 1 nitrogen and oxygen atoms in total. The number of carbonyl (C=O) groups is 1. The van der Waals surface area contributed by atoms with Crippen LogP contribution in [0.4, 0.5) is 0 Å². The van der Waals surface area contributed by atoms with Gasteiger partial charge in [-0.05, 0) is 60.7 Å². The van der Waals surface area contributed by atoms with Crippen molar-refractivity contribution in [2.45, 2.75) is 34.1 Å². The lowest BCUT2D eigenvalue weighted by Crippen LogP contribution is -2.29. The van der Waals surface area contributed by atoms with E-state index in [2.05, 4.69) is 0 Å². The van der Waals surface area contributed by atoms with Crippen molar-refractivity contribution in [3.63, 3.8) is 0 Å². The van der Waals surface area contributed by atoms with Crippen molar-refractivity contribution in [3.05, 3.63) is 69.7 Å². The topological polar surface area (TPSA) is 17.1 Å². The summed E-state index contributed by atoms with van der Waals surface area (Å²) in [6.07, 6.45) is 5.02. The number of carbonyl (C=O) groups excluding carboxylic acids is 1. The summed E-state index contributed by atoms with van der Waals surface area (Å²) in [6.45, 7) is 0. The first-order valence-corrected chi connectivity index (χ1v) is 12.9. The minimum Gasteiger partial charge on any atom is -0.297 e. The van der Waals surface area contributed by atoms with Crippen molar-refractivity contribution in [2.75, 3.05) is 12.5 Å². The molecule has 0 saturated carbocycles. The van der Waals surface area contributed by atoms with Crippen molar-refractivity contribution >= 4 is 75.7 Å². The van der Waals surface area contributed by atoms with Gasteiger partial charge < -0.3 is 0 Å².